The lowest BCUT2D eigenvalue weighted by molar-refractivity contribution is 0.0687. The Morgan fingerprint density at radius 3 is 2.57 bits per heavy atom. The van der Waals surface area contributed by atoms with Gasteiger partial charge in [0.05, 0.1) is 19.4 Å². The zero-order chi connectivity index (χ0) is 16.8. The van der Waals surface area contributed by atoms with Crippen molar-refractivity contribution in [2.24, 2.45) is 0 Å². The van der Waals surface area contributed by atoms with Crippen molar-refractivity contribution in [1.29, 1.82) is 0 Å². The van der Waals surface area contributed by atoms with Gasteiger partial charge >= 0.3 is 6.09 Å². The first kappa shape index (κ1) is 17.4. The molecule has 1 aromatic rings. The number of methoxy groups -OCH3 is 1. The quantitative estimate of drug-likeness (QED) is 0.840. The molecule has 1 amide bonds. The molecule has 0 aromatic heterocycles. The molecule has 1 heterocycles. The van der Waals surface area contributed by atoms with Gasteiger partial charge in [-0.1, -0.05) is 6.07 Å². The highest BCUT2D eigenvalue weighted by atomic mass is 16.6. The maximum Gasteiger partial charge on any atom is 0.409 e. The van der Waals surface area contributed by atoms with Crippen molar-refractivity contribution in [3.05, 3.63) is 23.8 Å². The summed E-state index contributed by atoms with van der Waals surface area (Å²) in [5, 5.41) is 0. The molecule has 0 aliphatic carbocycles. The first-order valence-electron chi connectivity index (χ1n) is 8.13. The normalized spacial score (nSPS) is 16.9. The fraction of sp³-hybridized carbons (Fsp3) is 0.588. The van der Waals surface area contributed by atoms with Gasteiger partial charge < -0.3 is 20.1 Å². The first-order valence-corrected chi connectivity index (χ1v) is 8.13. The molecule has 1 aliphatic heterocycles. The number of nitrogens with two attached hydrogens (primary N) is 1. The molecule has 0 spiro atoms. The third kappa shape index (κ3) is 4.51. The number of anilines is 1. The second-order valence-corrected chi connectivity index (χ2v) is 5.85. The molecule has 2 rings (SSSR count). The zero-order valence-electron chi connectivity index (χ0n) is 14.2. The minimum absolute atomic E-state index is 0.206. The molecule has 1 atom stereocenters. The Hall–Kier alpha value is -1.95. The smallest absolute Gasteiger partial charge is 0.409 e. The highest BCUT2D eigenvalue weighted by Gasteiger charge is 2.24. The van der Waals surface area contributed by atoms with E-state index in [0.29, 0.717) is 37.2 Å². The molecule has 1 fully saturated rings. The van der Waals surface area contributed by atoms with Crippen LogP contribution in [0.5, 0.6) is 5.75 Å². The Labute approximate surface area is 138 Å². The highest BCUT2D eigenvalue weighted by Crippen LogP contribution is 2.23. The Morgan fingerprint density at radius 1 is 1.30 bits per heavy atom. The van der Waals surface area contributed by atoms with E-state index in [2.05, 4.69) is 17.9 Å². The average molecular weight is 321 g/mol. The van der Waals surface area contributed by atoms with Gasteiger partial charge in [0.25, 0.3) is 0 Å². The largest absolute Gasteiger partial charge is 0.495 e. The molecule has 2 N–H and O–H groups in total. The number of hydrogen-bond acceptors (Lipinski definition) is 5. The molecular formula is C17H27N3O3. The molecule has 0 saturated carbocycles. The number of nitrogen functional groups attached to an aromatic ring is 1. The van der Waals surface area contributed by atoms with Crippen molar-refractivity contribution < 1.29 is 14.3 Å². The van der Waals surface area contributed by atoms with Crippen LogP contribution in [0, 0.1) is 0 Å². The zero-order valence-corrected chi connectivity index (χ0v) is 14.2. The van der Waals surface area contributed by atoms with E-state index >= 15 is 0 Å². The standard InChI is InChI=1S/C17H27N3O3/c1-4-23-17(21)20-9-7-19(8-10-20)13(2)11-14-5-6-16(22-3)15(18)12-14/h5-6,12-13H,4,7-11,18H2,1-3H3. The van der Waals surface area contributed by atoms with E-state index in [1.54, 1.807) is 12.0 Å². The molecule has 1 unspecified atom stereocenters. The number of nitrogens with zero attached hydrogens (tertiary/aromatic N) is 2. The van der Waals surface area contributed by atoms with Gasteiger partial charge in [0.1, 0.15) is 5.75 Å². The molecular weight excluding hydrogens is 294 g/mol. The van der Waals surface area contributed by atoms with Crippen molar-refractivity contribution in [3.63, 3.8) is 0 Å². The molecule has 1 saturated heterocycles. The highest BCUT2D eigenvalue weighted by molar-refractivity contribution is 5.67. The van der Waals surface area contributed by atoms with E-state index in [9.17, 15) is 4.79 Å². The summed E-state index contributed by atoms with van der Waals surface area (Å²) in [6.07, 6.45) is 0.718. The number of amides is 1. The summed E-state index contributed by atoms with van der Waals surface area (Å²) in [5.74, 6) is 0.712. The first-order chi connectivity index (χ1) is 11.0. The summed E-state index contributed by atoms with van der Waals surface area (Å²) >= 11 is 0. The number of carbonyl (C=O) groups excluding carboxylic acids is 1. The van der Waals surface area contributed by atoms with Crippen molar-refractivity contribution >= 4 is 11.8 Å². The minimum atomic E-state index is -0.206. The summed E-state index contributed by atoms with van der Waals surface area (Å²) in [5.41, 5.74) is 7.84. The number of hydrogen-bond donors (Lipinski definition) is 1. The van der Waals surface area contributed by atoms with Gasteiger partial charge in [0.15, 0.2) is 0 Å². The van der Waals surface area contributed by atoms with Crippen LogP contribution in [0.2, 0.25) is 0 Å². The van der Waals surface area contributed by atoms with Crippen molar-refractivity contribution in [3.8, 4) is 5.75 Å². The van der Waals surface area contributed by atoms with Crippen molar-refractivity contribution in [1.82, 2.24) is 9.80 Å². The third-order valence-corrected chi connectivity index (χ3v) is 4.29. The molecule has 128 valence electrons. The van der Waals surface area contributed by atoms with Crippen molar-refractivity contribution in [2.45, 2.75) is 26.3 Å². The van der Waals surface area contributed by atoms with Gasteiger partial charge in [-0.2, -0.15) is 0 Å². The second kappa shape index (κ2) is 8.06. The summed E-state index contributed by atoms with van der Waals surface area (Å²) in [4.78, 5) is 15.9. The van der Waals surface area contributed by atoms with Crippen molar-refractivity contribution in [2.75, 3.05) is 45.6 Å². The number of benzene rings is 1. The SMILES string of the molecule is CCOC(=O)N1CCN(C(C)Cc2ccc(OC)c(N)c2)CC1. The Balaban J connectivity index is 1.86. The van der Waals surface area contributed by atoms with E-state index in [1.165, 1.54) is 5.56 Å². The van der Waals surface area contributed by atoms with Crippen LogP contribution in [0.15, 0.2) is 18.2 Å². The monoisotopic (exact) mass is 321 g/mol. The summed E-state index contributed by atoms with van der Waals surface area (Å²) in [6.45, 7) is 7.63. The lowest BCUT2D eigenvalue weighted by Gasteiger charge is -2.37. The molecule has 23 heavy (non-hydrogen) atoms. The molecule has 6 heteroatoms. The fourth-order valence-electron chi connectivity index (χ4n) is 2.94. The lowest BCUT2D eigenvalue weighted by Crippen LogP contribution is -2.51. The van der Waals surface area contributed by atoms with Crippen LogP contribution in [0.1, 0.15) is 19.4 Å². The number of ether oxygens (including phenoxy) is 2. The molecule has 0 bridgehead atoms. The van der Waals surface area contributed by atoms with Gasteiger partial charge in [0, 0.05) is 32.2 Å². The van der Waals surface area contributed by atoms with Gasteiger partial charge in [-0.3, -0.25) is 4.90 Å². The molecule has 1 aromatic carbocycles. The van der Waals surface area contributed by atoms with Crippen LogP contribution in [-0.2, 0) is 11.2 Å². The maximum atomic E-state index is 11.7. The topological polar surface area (TPSA) is 68.0 Å². The average Bonchev–Trinajstić information content (AvgIpc) is 2.55. The van der Waals surface area contributed by atoms with Crippen LogP contribution in [-0.4, -0.2) is 61.8 Å². The Morgan fingerprint density at radius 2 is 2.00 bits per heavy atom. The van der Waals surface area contributed by atoms with Crippen LogP contribution in [0.4, 0.5) is 10.5 Å². The summed E-state index contributed by atoms with van der Waals surface area (Å²) in [7, 11) is 1.62. The van der Waals surface area contributed by atoms with Gasteiger partial charge in [-0.05, 0) is 38.0 Å². The van der Waals surface area contributed by atoms with E-state index in [1.807, 2.05) is 19.1 Å². The predicted molar refractivity (Wildman–Crippen MR) is 90.7 cm³/mol. The van der Waals surface area contributed by atoms with Crippen LogP contribution >= 0.6 is 0 Å². The van der Waals surface area contributed by atoms with E-state index in [4.69, 9.17) is 15.2 Å². The lowest BCUT2D eigenvalue weighted by atomic mass is 10.0. The van der Waals surface area contributed by atoms with E-state index in [0.717, 1.165) is 19.5 Å². The molecule has 0 radical (unpaired) electrons. The summed E-state index contributed by atoms with van der Waals surface area (Å²) in [6, 6.07) is 6.34. The minimum Gasteiger partial charge on any atom is -0.495 e. The van der Waals surface area contributed by atoms with Crippen LogP contribution in [0.25, 0.3) is 0 Å². The number of rotatable bonds is 5. The van der Waals surface area contributed by atoms with E-state index in [-0.39, 0.29) is 6.09 Å². The third-order valence-electron chi connectivity index (χ3n) is 4.29. The van der Waals surface area contributed by atoms with E-state index < -0.39 is 0 Å². The second-order valence-electron chi connectivity index (χ2n) is 5.85. The van der Waals surface area contributed by atoms with Crippen LogP contribution < -0.4 is 10.5 Å². The van der Waals surface area contributed by atoms with Crippen LogP contribution in [0.3, 0.4) is 0 Å². The Kier molecular flexibility index (Phi) is 6.10. The van der Waals surface area contributed by atoms with Gasteiger partial charge in [-0.15, -0.1) is 0 Å². The maximum absolute atomic E-state index is 11.7. The molecule has 6 nitrogen and oxygen atoms in total. The molecule has 1 aliphatic rings. The number of piperazine rings is 1. The predicted octanol–water partition coefficient (Wildman–Crippen LogP) is 1.98. The fourth-order valence-corrected chi connectivity index (χ4v) is 2.94. The Bertz CT molecular complexity index is 528. The number of carbonyl (C=O) groups is 1. The van der Waals surface area contributed by atoms with Gasteiger partial charge in [-0.25, -0.2) is 4.79 Å². The van der Waals surface area contributed by atoms with Gasteiger partial charge in [0.2, 0.25) is 0 Å². The summed E-state index contributed by atoms with van der Waals surface area (Å²) < 4.78 is 10.2.